The Bertz CT molecular complexity index is 997. The lowest BCUT2D eigenvalue weighted by molar-refractivity contribution is 0.0940. The lowest BCUT2D eigenvalue weighted by Crippen LogP contribution is -2.40. The molecule has 1 atom stereocenters. The van der Waals surface area contributed by atoms with Crippen LogP contribution < -0.4 is 5.32 Å². The molecule has 1 N–H and O–H groups in total. The number of aromatic nitrogens is 4. The maximum Gasteiger partial charge on any atom is 0.254 e. The largest absolute Gasteiger partial charge is 0.350 e. The molecule has 8 heteroatoms. The van der Waals surface area contributed by atoms with Crippen LogP contribution in [0.3, 0.4) is 0 Å². The summed E-state index contributed by atoms with van der Waals surface area (Å²) in [6.07, 6.45) is 5.70. The first-order chi connectivity index (χ1) is 14.6. The molecule has 3 aromatic heterocycles. The zero-order valence-corrected chi connectivity index (χ0v) is 18.5. The van der Waals surface area contributed by atoms with Crippen molar-refractivity contribution < 1.29 is 4.79 Å². The summed E-state index contributed by atoms with van der Waals surface area (Å²) in [5, 5.41) is 9.64. The highest BCUT2D eigenvalue weighted by molar-refractivity contribution is 7.13. The van der Waals surface area contributed by atoms with Gasteiger partial charge in [0.25, 0.3) is 11.9 Å². The SMILES string of the molecule is CCN1CCCC1CNC(=O)c1cnn(-c2nccc(-c3cccs3)n2)c1C(C)C. The second kappa shape index (κ2) is 9.06. The average Bonchev–Trinajstić information content (AvgIpc) is 3.52. The van der Waals surface area contributed by atoms with E-state index < -0.39 is 0 Å². The molecule has 0 spiro atoms. The Kier molecular flexibility index (Phi) is 6.24. The zero-order chi connectivity index (χ0) is 21.1. The number of likely N-dealkylation sites (tertiary alicyclic amines) is 1. The molecule has 1 saturated heterocycles. The number of nitrogens with zero attached hydrogens (tertiary/aromatic N) is 5. The van der Waals surface area contributed by atoms with Gasteiger partial charge < -0.3 is 5.32 Å². The predicted octanol–water partition coefficient (Wildman–Crippen LogP) is 3.73. The molecule has 1 fully saturated rings. The highest BCUT2D eigenvalue weighted by Gasteiger charge is 2.26. The number of nitrogens with one attached hydrogen (secondary N) is 1. The van der Waals surface area contributed by atoms with Crippen molar-refractivity contribution in [3.63, 3.8) is 0 Å². The van der Waals surface area contributed by atoms with Crippen LogP contribution in [0.4, 0.5) is 0 Å². The molecule has 0 radical (unpaired) electrons. The normalized spacial score (nSPS) is 17.0. The first-order valence-corrected chi connectivity index (χ1v) is 11.4. The van der Waals surface area contributed by atoms with Crippen LogP contribution in [0, 0.1) is 0 Å². The number of amides is 1. The van der Waals surface area contributed by atoms with Crippen molar-refractivity contribution in [1.82, 2.24) is 30.0 Å². The Morgan fingerprint density at radius 1 is 1.37 bits per heavy atom. The fraction of sp³-hybridized carbons (Fsp3) is 0.455. The Morgan fingerprint density at radius 2 is 2.23 bits per heavy atom. The van der Waals surface area contributed by atoms with E-state index in [4.69, 9.17) is 4.98 Å². The molecule has 7 nitrogen and oxygen atoms in total. The number of carbonyl (C=O) groups is 1. The van der Waals surface area contributed by atoms with Gasteiger partial charge in [-0.05, 0) is 49.4 Å². The summed E-state index contributed by atoms with van der Waals surface area (Å²) in [7, 11) is 0. The van der Waals surface area contributed by atoms with E-state index in [1.165, 1.54) is 6.42 Å². The molecule has 0 bridgehead atoms. The number of likely N-dealkylation sites (N-methyl/N-ethyl adjacent to an activating group) is 1. The van der Waals surface area contributed by atoms with E-state index in [-0.39, 0.29) is 11.8 Å². The van der Waals surface area contributed by atoms with Gasteiger partial charge in [-0.3, -0.25) is 9.69 Å². The maximum atomic E-state index is 13.0. The first-order valence-electron chi connectivity index (χ1n) is 10.6. The van der Waals surface area contributed by atoms with Crippen LogP contribution in [-0.4, -0.2) is 56.2 Å². The molecule has 1 amide bonds. The number of thiophene rings is 1. The molecule has 1 aliphatic heterocycles. The van der Waals surface area contributed by atoms with Crippen LogP contribution in [0.1, 0.15) is 55.6 Å². The van der Waals surface area contributed by atoms with Gasteiger partial charge in [-0.25, -0.2) is 14.6 Å². The number of carbonyl (C=O) groups excluding carboxylic acids is 1. The molecule has 0 aliphatic carbocycles. The van der Waals surface area contributed by atoms with Gasteiger partial charge in [0.15, 0.2) is 0 Å². The summed E-state index contributed by atoms with van der Waals surface area (Å²) in [5.41, 5.74) is 2.28. The minimum absolute atomic E-state index is 0.0812. The van der Waals surface area contributed by atoms with Crippen molar-refractivity contribution >= 4 is 17.2 Å². The van der Waals surface area contributed by atoms with E-state index in [9.17, 15) is 4.79 Å². The fourth-order valence-corrected chi connectivity index (χ4v) is 4.80. The smallest absolute Gasteiger partial charge is 0.254 e. The molecule has 0 aromatic carbocycles. The standard InChI is InChI=1S/C22H28N6OS/c1-4-27-11-5-7-16(27)13-24-21(29)17-14-25-28(20(17)15(2)3)22-23-10-9-18(26-22)19-8-6-12-30-19/h6,8-10,12,14-16H,4-5,7,11,13H2,1-3H3,(H,24,29). The van der Waals surface area contributed by atoms with Crippen molar-refractivity contribution in [3.8, 4) is 16.5 Å². The van der Waals surface area contributed by atoms with Crippen molar-refractivity contribution in [2.75, 3.05) is 19.6 Å². The molecule has 0 saturated carbocycles. The Labute approximate surface area is 181 Å². The van der Waals surface area contributed by atoms with Gasteiger partial charge in [0.1, 0.15) is 0 Å². The van der Waals surface area contributed by atoms with Crippen LogP contribution in [0.5, 0.6) is 0 Å². The molecule has 4 heterocycles. The molecule has 1 unspecified atom stereocenters. The zero-order valence-electron chi connectivity index (χ0n) is 17.7. The Balaban J connectivity index is 1.58. The van der Waals surface area contributed by atoms with Gasteiger partial charge >= 0.3 is 0 Å². The van der Waals surface area contributed by atoms with Gasteiger partial charge in [0.05, 0.1) is 28.0 Å². The quantitative estimate of drug-likeness (QED) is 0.625. The second-order valence-corrected chi connectivity index (χ2v) is 8.81. The highest BCUT2D eigenvalue weighted by atomic mass is 32.1. The second-order valence-electron chi connectivity index (χ2n) is 7.86. The third-order valence-electron chi connectivity index (χ3n) is 5.61. The number of hydrogen-bond acceptors (Lipinski definition) is 6. The highest BCUT2D eigenvalue weighted by Crippen LogP contribution is 2.25. The summed E-state index contributed by atoms with van der Waals surface area (Å²) in [4.78, 5) is 25.6. The monoisotopic (exact) mass is 424 g/mol. The predicted molar refractivity (Wildman–Crippen MR) is 119 cm³/mol. The third kappa shape index (κ3) is 4.15. The maximum absolute atomic E-state index is 13.0. The molecule has 1 aliphatic rings. The Morgan fingerprint density at radius 3 is 2.97 bits per heavy atom. The van der Waals surface area contributed by atoms with Crippen LogP contribution in [0.25, 0.3) is 16.5 Å². The summed E-state index contributed by atoms with van der Waals surface area (Å²) < 4.78 is 1.70. The summed E-state index contributed by atoms with van der Waals surface area (Å²) in [6.45, 7) is 9.09. The minimum Gasteiger partial charge on any atom is -0.350 e. The molecule has 4 rings (SSSR count). The summed E-state index contributed by atoms with van der Waals surface area (Å²) in [5.74, 6) is 0.500. The minimum atomic E-state index is -0.0812. The van der Waals surface area contributed by atoms with E-state index in [1.807, 2.05) is 23.6 Å². The molecular formula is C22H28N6OS. The first kappa shape index (κ1) is 20.7. The summed E-state index contributed by atoms with van der Waals surface area (Å²) >= 11 is 1.63. The van der Waals surface area contributed by atoms with Crippen LogP contribution in [-0.2, 0) is 0 Å². The molecular weight excluding hydrogens is 396 g/mol. The topological polar surface area (TPSA) is 75.9 Å². The third-order valence-corrected chi connectivity index (χ3v) is 6.50. The van der Waals surface area contributed by atoms with Crippen LogP contribution in [0.2, 0.25) is 0 Å². The summed E-state index contributed by atoms with van der Waals surface area (Å²) in [6, 6.07) is 6.34. The van der Waals surface area contributed by atoms with Gasteiger partial charge in [0, 0.05) is 18.8 Å². The van der Waals surface area contributed by atoms with Gasteiger partial charge in [-0.15, -0.1) is 11.3 Å². The van der Waals surface area contributed by atoms with Crippen molar-refractivity contribution in [2.24, 2.45) is 0 Å². The lowest BCUT2D eigenvalue weighted by atomic mass is 10.1. The molecule has 158 valence electrons. The molecule has 3 aromatic rings. The van der Waals surface area contributed by atoms with Gasteiger partial charge in [-0.1, -0.05) is 26.8 Å². The van der Waals surface area contributed by atoms with Gasteiger partial charge in [0.2, 0.25) is 0 Å². The number of hydrogen-bond donors (Lipinski definition) is 1. The van der Waals surface area contributed by atoms with Crippen molar-refractivity contribution in [3.05, 3.63) is 47.2 Å². The Hall–Kier alpha value is -2.58. The van der Waals surface area contributed by atoms with E-state index in [2.05, 4.69) is 41.1 Å². The lowest BCUT2D eigenvalue weighted by Gasteiger charge is -2.23. The van der Waals surface area contributed by atoms with Gasteiger partial charge in [-0.2, -0.15) is 5.10 Å². The van der Waals surface area contributed by atoms with Crippen molar-refractivity contribution in [2.45, 2.75) is 45.6 Å². The fourth-order valence-electron chi connectivity index (χ4n) is 4.11. The van der Waals surface area contributed by atoms with Crippen LogP contribution in [0.15, 0.2) is 36.0 Å². The van der Waals surface area contributed by atoms with E-state index >= 15 is 0 Å². The van der Waals surface area contributed by atoms with Crippen molar-refractivity contribution in [1.29, 1.82) is 0 Å². The average molecular weight is 425 g/mol. The number of rotatable bonds is 7. The van der Waals surface area contributed by atoms with E-state index in [1.54, 1.807) is 28.4 Å². The molecule has 30 heavy (non-hydrogen) atoms. The van der Waals surface area contributed by atoms with E-state index in [0.29, 0.717) is 24.1 Å². The van der Waals surface area contributed by atoms with Crippen LogP contribution >= 0.6 is 11.3 Å². The van der Waals surface area contributed by atoms with E-state index in [0.717, 1.165) is 35.8 Å².